The van der Waals surface area contributed by atoms with Gasteiger partial charge >= 0.3 is 0 Å². The van der Waals surface area contributed by atoms with Gasteiger partial charge in [0.05, 0.1) is 25.8 Å². The third-order valence-corrected chi connectivity index (χ3v) is 5.78. The van der Waals surface area contributed by atoms with Crippen LogP contribution in [0.25, 0.3) is 11.5 Å². The van der Waals surface area contributed by atoms with E-state index in [1.165, 1.54) is 0 Å². The van der Waals surface area contributed by atoms with Crippen molar-refractivity contribution >= 4 is 17.5 Å². The fourth-order valence-corrected chi connectivity index (χ4v) is 3.90. The topological polar surface area (TPSA) is 74.9 Å². The van der Waals surface area contributed by atoms with Crippen LogP contribution in [0.2, 0.25) is 5.02 Å². The van der Waals surface area contributed by atoms with E-state index in [1.807, 2.05) is 29.2 Å². The Morgan fingerprint density at radius 2 is 1.90 bits per heavy atom. The zero-order valence-electron chi connectivity index (χ0n) is 16.6. The molecule has 1 atom stereocenters. The van der Waals surface area contributed by atoms with Crippen LogP contribution in [0.4, 0.5) is 0 Å². The highest BCUT2D eigenvalue weighted by Crippen LogP contribution is 2.26. The zero-order chi connectivity index (χ0) is 20.2. The number of hydrogen-bond donors (Lipinski definition) is 0. The van der Waals surface area contributed by atoms with E-state index in [0.717, 1.165) is 31.7 Å². The van der Waals surface area contributed by atoms with Crippen LogP contribution in [-0.2, 0) is 9.53 Å². The average molecular weight is 420 g/mol. The highest BCUT2D eigenvalue weighted by Gasteiger charge is 2.28. The minimum atomic E-state index is -0.00747. The standard InChI is InChI=1S/C20H26ClN5O3/c1-15(19-22-23-20(29-19)16-3-2-4-17(21)13-16)25-5-7-26(8-6-25)18(27)14-24-9-11-28-12-10-24/h2-4,13,15H,5-12,14H2,1H3. The number of benzene rings is 1. The summed E-state index contributed by atoms with van der Waals surface area (Å²) in [5.41, 5.74) is 0.807. The van der Waals surface area contributed by atoms with Gasteiger partial charge in [-0.2, -0.15) is 0 Å². The lowest BCUT2D eigenvalue weighted by Gasteiger charge is -2.38. The Morgan fingerprint density at radius 3 is 2.62 bits per heavy atom. The number of halogens is 1. The Morgan fingerprint density at radius 1 is 1.14 bits per heavy atom. The molecule has 2 aliphatic rings. The molecule has 1 aromatic heterocycles. The van der Waals surface area contributed by atoms with E-state index >= 15 is 0 Å². The molecule has 1 aromatic carbocycles. The van der Waals surface area contributed by atoms with Crippen molar-refractivity contribution in [3.8, 4) is 11.5 Å². The molecule has 29 heavy (non-hydrogen) atoms. The van der Waals surface area contributed by atoms with E-state index in [2.05, 4.69) is 26.9 Å². The zero-order valence-corrected chi connectivity index (χ0v) is 17.3. The van der Waals surface area contributed by atoms with Crippen LogP contribution in [0.1, 0.15) is 18.9 Å². The molecule has 2 saturated heterocycles. The number of ether oxygens (including phenoxy) is 1. The lowest BCUT2D eigenvalue weighted by molar-refractivity contribution is -0.135. The van der Waals surface area contributed by atoms with Crippen LogP contribution in [0.15, 0.2) is 28.7 Å². The van der Waals surface area contributed by atoms with Crippen LogP contribution in [0.5, 0.6) is 0 Å². The van der Waals surface area contributed by atoms with Crippen LogP contribution < -0.4 is 0 Å². The van der Waals surface area contributed by atoms with Gasteiger partial charge in [0, 0.05) is 49.9 Å². The van der Waals surface area contributed by atoms with Crippen molar-refractivity contribution in [2.45, 2.75) is 13.0 Å². The normalized spacial score (nSPS) is 20.0. The maximum absolute atomic E-state index is 12.6. The van der Waals surface area contributed by atoms with Gasteiger partial charge in [0.25, 0.3) is 0 Å². The van der Waals surface area contributed by atoms with Crippen molar-refractivity contribution in [3.05, 3.63) is 35.2 Å². The van der Waals surface area contributed by atoms with Crippen LogP contribution in [-0.4, -0.2) is 89.8 Å². The molecule has 2 fully saturated rings. The predicted molar refractivity (Wildman–Crippen MR) is 109 cm³/mol. The van der Waals surface area contributed by atoms with Gasteiger partial charge < -0.3 is 14.1 Å². The molecule has 0 spiro atoms. The van der Waals surface area contributed by atoms with Crippen molar-refractivity contribution in [3.63, 3.8) is 0 Å². The maximum atomic E-state index is 12.6. The second kappa shape index (κ2) is 9.21. The minimum absolute atomic E-state index is 0.00747. The second-order valence-electron chi connectivity index (χ2n) is 7.44. The van der Waals surface area contributed by atoms with Gasteiger partial charge in [-0.1, -0.05) is 17.7 Å². The lowest BCUT2D eigenvalue weighted by Crippen LogP contribution is -2.52. The first-order chi connectivity index (χ1) is 14.1. The molecular formula is C20H26ClN5O3. The van der Waals surface area contributed by atoms with Crippen molar-refractivity contribution in [2.24, 2.45) is 0 Å². The third kappa shape index (κ3) is 4.95. The maximum Gasteiger partial charge on any atom is 0.247 e. The van der Waals surface area contributed by atoms with Gasteiger partial charge in [-0.25, -0.2) is 0 Å². The Hall–Kier alpha value is -2.00. The number of aromatic nitrogens is 2. The van der Waals surface area contributed by atoms with E-state index in [4.69, 9.17) is 20.8 Å². The molecule has 0 N–H and O–H groups in total. The number of amides is 1. The van der Waals surface area contributed by atoms with Gasteiger partial charge in [0.15, 0.2) is 0 Å². The smallest absolute Gasteiger partial charge is 0.247 e. The molecule has 156 valence electrons. The number of piperazine rings is 1. The Bertz CT molecular complexity index is 831. The van der Waals surface area contributed by atoms with Gasteiger partial charge in [-0.3, -0.25) is 14.6 Å². The highest BCUT2D eigenvalue weighted by molar-refractivity contribution is 6.30. The Labute approximate surface area is 175 Å². The first kappa shape index (κ1) is 20.3. The summed E-state index contributed by atoms with van der Waals surface area (Å²) in [6.07, 6.45) is 0. The Kier molecular flexibility index (Phi) is 6.44. The first-order valence-electron chi connectivity index (χ1n) is 10.0. The highest BCUT2D eigenvalue weighted by atomic mass is 35.5. The molecule has 2 aliphatic heterocycles. The molecular weight excluding hydrogens is 394 g/mol. The van der Waals surface area contributed by atoms with Crippen molar-refractivity contribution in [1.82, 2.24) is 24.9 Å². The summed E-state index contributed by atoms with van der Waals surface area (Å²) < 4.78 is 11.2. The van der Waals surface area contributed by atoms with E-state index in [1.54, 1.807) is 0 Å². The fraction of sp³-hybridized carbons (Fsp3) is 0.550. The molecule has 0 radical (unpaired) electrons. The van der Waals surface area contributed by atoms with Crippen molar-refractivity contribution in [2.75, 3.05) is 59.0 Å². The first-order valence-corrected chi connectivity index (χ1v) is 10.4. The molecule has 9 heteroatoms. The van der Waals surface area contributed by atoms with Gasteiger partial charge in [0.2, 0.25) is 17.7 Å². The summed E-state index contributed by atoms with van der Waals surface area (Å²) in [6, 6.07) is 7.37. The van der Waals surface area contributed by atoms with Gasteiger partial charge in [-0.15, -0.1) is 10.2 Å². The molecule has 0 bridgehead atoms. The minimum Gasteiger partial charge on any atom is -0.419 e. The largest absolute Gasteiger partial charge is 0.419 e. The number of carbonyl (C=O) groups is 1. The lowest BCUT2D eigenvalue weighted by atomic mass is 10.2. The Balaban J connectivity index is 1.31. The second-order valence-corrected chi connectivity index (χ2v) is 7.87. The molecule has 0 saturated carbocycles. The van der Waals surface area contributed by atoms with Crippen LogP contribution >= 0.6 is 11.6 Å². The summed E-state index contributed by atoms with van der Waals surface area (Å²) in [4.78, 5) is 19.0. The van der Waals surface area contributed by atoms with Gasteiger partial charge in [0.1, 0.15) is 0 Å². The summed E-state index contributed by atoms with van der Waals surface area (Å²) in [5, 5.41) is 9.03. The number of hydrogen-bond acceptors (Lipinski definition) is 7. The summed E-state index contributed by atoms with van der Waals surface area (Å²) >= 11 is 6.05. The third-order valence-electron chi connectivity index (χ3n) is 5.55. The monoisotopic (exact) mass is 419 g/mol. The molecule has 1 amide bonds. The van der Waals surface area contributed by atoms with Crippen LogP contribution in [0, 0.1) is 0 Å². The number of rotatable bonds is 5. The SMILES string of the molecule is CC(c1nnc(-c2cccc(Cl)c2)o1)N1CCN(C(=O)CN2CCOCC2)CC1. The fourth-order valence-electron chi connectivity index (χ4n) is 3.71. The van der Waals surface area contributed by atoms with Crippen LogP contribution in [0.3, 0.4) is 0 Å². The average Bonchev–Trinajstić information content (AvgIpc) is 3.24. The quantitative estimate of drug-likeness (QED) is 0.732. The van der Waals surface area contributed by atoms with Crippen molar-refractivity contribution in [1.29, 1.82) is 0 Å². The summed E-state index contributed by atoms with van der Waals surface area (Å²) in [6.45, 7) is 8.59. The molecule has 0 aliphatic carbocycles. The number of nitrogens with zero attached hydrogens (tertiary/aromatic N) is 5. The van der Waals surface area contributed by atoms with E-state index in [9.17, 15) is 4.79 Å². The summed E-state index contributed by atoms with van der Waals surface area (Å²) in [7, 11) is 0. The molecule has 1 unspecified atom stereocenters. The van der Waals surface area contributed by atoms with E-state index < -0.39 is 0 Å². The van der Waals surface area contributed by atoms with E-state index in [0.29, 0.717) is 49.7 Å². The molecule has 4 rings (SSSR count). The molecule has 8 nitrogen and oxygen atoms in total. The van der Waals surface area contributed by atoms with E-state index in [-0.39, 0.29) is 11.9 Å². The number of morpholine rings is 1. The molecule has 2 aromatic rings. The molecule has 3 heterocycles. The van der Waals surface area contributed by atoms with Gasteiger partial charge in [-0.05, 0) is 25.1 Å². The number of carbonyl (C=O) groups excluding carboxylic acids is 1. The predicted octanol–water partition coefficient (Wildman–Crippen LogP) is 1.93. The summed E-state index contributed by atoms with van der Waals surface area (Å²) in [5.74, 6) is 1.24. The van der Waals surface area contributed by atoms with Crippen molar-refractivity contribution < 1.29 is 13.9 Å².